The molecule has 0 spiro atoms. The van der Waals surface area contributed by atoms with Crippen molar-refractivity contribution >= 4 is 23.4 Å². The highest BCUT2D eigenvalue weighted by atomic mass is 35.5. The average molecular weight is 412 g/mol. The summed E-state index contributed by atoms with van der Waals surface area (Å²) in [5.74, 6) is -0.0341. The quantitative estimate of drug-likeness (QED) is 0.651. The van der Waals surface area contributed by atoms with Crippen molar-refractivity contribution in [1.29, 1.82) is 0 Å². The number of hydrogen-bond acceptors (Lipinski definition) is 4. The minimum Gasteiger partial charge on any atom is -0.352 e. The van der Waals surface area contributed by atoms with Crippen LogP contribution >= 0.6 is 11.6 Å². The maximum absolute atomic E-state index is 12.7. The Balaban J connectivity index is 1.76. The molecule has 0 atom stereocenters. The molecule has 0 aliphatic carbocycles. The van der Waals surface area contributed by atoms with Gasteiger partial charge < -0.3 is 10.6 Å². The maximum Gasteiger partial charge on any atom is 0.271 e. The van der Waals surface area contributed by atoms with Gasteiger partial charge in [0.25, 0.3) is 11.8 Å². The molecule has 0 saturated carbocycles. The number of aryl methyl sites for hydroxylation is 2. The third-order valence-corrected chi connectivity index (χ3v) is 4.56. The smallest absolute Gasteiger partial charge is 0.271 e. The van der Waals surface area contributed by atoms with Gasteiger partial charge >= 0.3 is 0 Å². The molecular formula is C21H22ClN5O2. The van der Waals surface area contributed by atoms with E-state index in [4.69, 9.17) is 11.6 Å². The van der Waals surface area contributed by atoms with E-state index >= 15 is 0 Å². The molecule has 3 rings (SSSR count). The molecule has 0 aliphatic rings. The SMILES string of the molecule is CCNC(=O)c1cccc(CNC(=O)c2nc(-n3nc(C)cc3C)ccc2Cl)c1. The highest BCUT2D eigenvalue weighted by Crippen LogP contribution is 2.18. The van der Waals surface area contributed by atoms with Gasteiger partial charge in [-0.15, -0.1) is 0 Å². The van der Waals surface area contributed by atoms with E-state index in [0.29, 0.717) is 17.9 Å². The van der Waals surface area contributed by atoms with Crippen molar-refractivity contribution in [2.75, 3.05) is 6.54 Å². The van der Waals surface area contributed by atoms with Gasteiger partial charge in [0.15, 0.2) is 5.82 Å². The Hall–Kier alpha value is -3.19. The summed E-state index contributed by atoms with van der Waals surface area (Å²) < 4.78 is 1.66. The Morgan fingerprint density at radius 3 is 2.55 bits per heavy atom. The Bertz CT molecular complexity index is 1060. The van der Waals surface area contributed by atoms with Gasteiger partial charge in [-0.1, -0.05) is 23.7 Å². The average Bonchev–Trinajstić information content (AvgIpc) is 3.05. The first-order chi connectivity index (χ1) is 13.9. The molecular weight excluding hydrogens is 390 g/mol. The fourth-order valence-electron chi connectivity index (χ4n) is 2.92. The third-order valence-electron chi connectivity index (χ3n) is 4.25. The number of carbonyl (C=O) groups is 2. The molecule has 0 saturated heterocycles. The fourth-order valence-corrected chi connectivity index (χ4v) is 3.11. The molecule has 0 aliphatic heterocycles. The molecule has 3 aromatic rings. The van der Waals surface area contributed by atoms with Crippen molar-refractivity contribution in [1.82, 2.24) is 25.4 Å². The lowest BCUT2D eigenvalue weighted by atomic mass is 10.1. The van der Waals surface area contributed by atoms with Gasteiger partial charge in [0.2, 0.25) is 0 Å². The van der Waals surface area contributed by atoms with Crippen LogP contribution < -0.4 is 10.6 Å². The Kier molecular flexibility index (Phi) is 6.29. The summed E-state index contributed by atoms with van der Waals surface area (Å²) in [6.07, 6.45) is 0. The van der Waals surface area contributed by atoms with Gasteiger partial charge in [0.1, 0.15) is 5.69 Å². The van der Waals surface area contributed by atoms with E-state index in [0.717, 1.165) is 17.0 Å². The summed E-state index contributed by atoms with van der Waals surface area (Å²) in [6, 6.07) is 12.4. The molecule has 2 heterocycles. The standard InChI is InChI=1S/C21H22ClN5O2/c1-4-23-20(28)16-7-5-6-15(11-16)12-24-21(29)19-17(22)8-9-18(25-19)27-14(3)10-13(2)26-27/h5-11H,4,12H2,1-3H3,(H,23,28)(H,24,29). The van der Waals surface area contributed by atoms with Crippen LogP contribution in [0.4, 0.5) is 0 Å². The molecule has 150 valence electrons. The number of pyridine rings is 1. The molecule has 0 bridgehead atoms. The Morgan fingerprint density at radius 2 is 1.86 bits per heavy atom. The van der Waals surface area contributed by atoms with Gasteiger partial charge in [-0.2, -0.15) is 5.10 Å². The minimum atomic E-state index is -0.401. The zero-order valence-electron chi connectivity index (χ0n) is 16.5. The molecule has 0 radical (unpaired) electrons. The van der Waals surface area contributed by atoms with E-state index in [-0.39, 0.29) is 23.2 Å². The van der Waals surface area contributed by atoms with Crippen molar-refractivity contribution in [3.63, 3.8) is 0 Å². The normalized spacial score (nSPS) is 10.6. The van der Waals surface area contributed by atoms with Crippen molar-refractivity contribution in [3.05, 3.63) is 75.7 Å². The fraction of sp³-hybridized carbons (Fsp3) is 0.238. The maximum atomic E-state index is 12.7. The molecule has 0 unspecified atom stereocenters. The first kappa shape index (κ1) is 20.5. The largest absolute Gasteiger partial charge is 0.352 e. The van der Waals surface area contributed by atoms with Crippen LogP contribution in [0.3, 0.4) is 0 Å². The summed E-state index contributed by atoms with van der Waals surface area (Å²) >= 11 is 6.20. The van der Waals surface area contributed by atoms with Gasteiger partial charge in [0.05, 0.1) is 10.7 Å². The molecule has 7 nitrogen and oxygen atoms in total. The molecule has 1 aromatic carbocycles. The lowest BCUT2D eigenvalue weighted by molar-refractivity contribution is 0.0943. The first-order valence-electron chi connectivity index (χ1n) is 9.24. The second kappa shape index (κ2) is 8.87. The van der Waals surface area contributed by atoms with Crippen LogP contribution in [0.1, 0.15) is 44.7 Å². The Morgan fingerprint density at radius 1 is 1.07 bits per heavy atom. The van der Waals surface area contributed by atoms with Crippen molar-refractivity contribution < 1.29 is 9.59 Å². The number of nitrogens with zero attached hydrogens (tertiary/aromatic N) is 3. The number of halogens is 1. The molecule has 2 N–H and O–H groups in total. The summed E-state index contributed by atoms with van der Waals surface area (Å²) in [5.41, 5.74) is 3.23. The van der Waals surface area contributed by atoms with Gasteiger partial charge in [0, 0.05) is 24.3 Å². The number of aromatic nitrogens is 3. The van der Waals surface area contributed by atoms with Gasteiger partial charge in [-0.05, 0) is 56.7 Å². The van der Waals surface area contributed by atoms with Crippen molar-refractivity contribution in [3.8, 4) is 5.82 Å². The Labute approximate surface area is 174 Å². The number of carbonyl (C=O) groups excluding carboxylic acids is 2. The van der Waals surface area contributed by atoms with Crippen molar-refractivity contribution in [2.45, 2.75) is 27.3 Å². The zero-order valence-corrected chi connectivity index (χ0v) is 17.2. The van der Waals surface area contributed by atoms with E-state index in [2.05, 4.69) is 20.7 Å². The van der Waals surface area contributed by atoms with Crippen LogP contribution in [-0.4, -0.2) is 33.1 Å². The third kappa shape index (κ3) is 4.81. The highest BCUT2D eigenvalue weighted by Gasteiger charge is 2.15. The predicted octanol–water partition coefficient (Wildman–Crippen LogP) is 3.22. The van der Waals surface area contributed by atoms with Crippen LogP contribution in [0.25, 0.3) is 5.82 Å². The number of benzene rings is 1. The van der Waals surface area contributed by atoms with E-state index in [1.54, 1.807) is 35.0 Å². The highest BCUT2D eigenvalue weighted by molar-refractivity contribution is 6.33. The lowest BCUT2D eigenvalue weighted by Gasteiger charge is -2.10. The zero-order chi connectivity index (χ0) is 21.0. The molecule has 8 heteroatoms. The van der Waals surface area contributed by atoms with E-state index < -0.39 is 5.91 Å². The van der Waals surface area contributed by atoms with Gasteiger partial charge in [-0.25, -0.2) is 9.67 Å². The summed E-state index contributed by atoms with van der Waals surface area (Å²) in [6.45, 7) is 6.46. The van der Waals surface area contributed by atoms with Crippen LogP contribution in [-0.2, 0) is 6.54 Å². The van der Waals surface area contributed by atoms with Crippen LogP contribution in [0.5, 0.6) is 0 Å². The second-order valence-corrected chi connectivity index (χ2v) is 6.99. The van der Waals surface area contributed by atoms with Crippen molar-refractivity contribution in [2.24, 2.45) is 0 Å². The molecule has 2 amide bonds. The summed E-state index contributed by atoms with van der Waals surface area (Å²) in [7, 11) is 0. The van der Waals surface area contributed by atoms with Crippen LogP contribution in [0.2, 0.25) is 5.02 Å². The number of nitrogens with one attached hydrogen (secondary N) is 2. The van der Waals surface area contributed by atoms with E-state index in [1.165, 1.54) is 0 Å². The first-order valence-corrected chi connectivity index (χ1v) is 9.62. The lowest BCUT2D eigenvalue weighted by Crippen LogP contribution is -2.25. The number of amides is 2. The predicted molar refractivity (Wildman–Crippen MR) is 111 cm³/mol. The summed E-state index contributed by atoms with van der Waals surface area (Å²) in [4.78, 5) is 29.0. The molecule has 0 fully saturated rings. The number of hydrogen-bond donors (Lipinski definition) is 2. The minimum absolute atomic E-state index is 0.122. The molecule has 29 heavy (non-hydrogen) atoms. The van der Waals surface area contributed by atoms with Crippen LogP contribution in [0, 0.1) is 13.8 Å². The van der Waals surface area contributed by atoms with E-state index in [1.807, 2.05) is 32.9 Å². The van der Waals surface area contributed by atoms with E-state index in [9.17, 15) is 9.59 Å². The van der Waals surface area contributed by atoms with Gasteiger partial charge in [-0.3, -0.25) is 9.59 Å². The summed E-state index contributed by atoms with van der Waals surface area (Å²) in [5, 5.41) is 10.2. The van der Waals surface area contributed by atoms with Crippen LogP contribution in [0.15, 0.2) is 42.5 Å². The monoisotopic (exact) mass is 411 g/mol. The molecule has 2 aromatic heterocycles. The number of rotatable bonds is 6. The topological polar surface area (TPSA) is 88.9 Å². The second-order valence-electron chi connectivity index (χ2n) is 6.58.